The third-order valence-electron chi connectivity index (χ3n) is 3.14. The van der Waals surface area contributed by atoms with Crippen LogP contribution in [0.2, 0.25) is 5.02 Å². The largest absolute Gasteiger partial charge is 0.324 e. The molecule has 7 heteroatoms. The zero-order chi connectivity index (χ0) is 16.2. The monoisotopic (exact) mass is 330 g/mol. The van der Waals surface area contributed by atoms with Crippen molar-refractivity contribution in [2.75, 3.05) is 5.32 Å². The van der Waals surface area contributed by atoms with E-state index in [1.165, 1.54) is 12.1 Å². The molecule has 2 N–H and O–H groups in total. The van der Waals surface area contributed by atoms with E-state index in [4.69, 9.17) is 11.6 Å². The predicted octanol–water partition coefficient (Wildman–Crippen LogP) is 3.29. The van der Waals surface area contributed by atoms with Gasteiger partial charge in [-0.05, 0) is 35.9 Å². The average molecular weight is 331 g/mol. The molecule has 0 fully saturated rings. The first-order valence-electron chi connectivity index (χ1n) is 6.83. The van der Waals surface area contributed by atoms with E-state index in [-0.39, 0.29) is 23.0 Å². The lowest BCUT2D eigenvalue weighted by Gasteiger charge is -2.05. The van der Waals surface area contributed by atoms with Gasteiger partial charge in [-0.2, -0.15) is 0 Å². The average Bonchev–Trinajstić information content (AvgIpc) is 2.52. The molecule has 0 spiro atoms. The molecule has 0 radical (unpaired) electrons. The van der Waals surface area contributed by atoms with Gasteiger partial charge in [-0.15, -0.1) is 10.2 Å². The van der Waals surface area contributed by atoms with E-state index in [0.717, 1.165) is 5.56 Å². The highest BCUT2D eigenvalue weighted by Crippen LogP contribution is 2.13. The first-order chi connectivity index (χ1) is 11.1. The molecule has 3 rings (SSSR count). The van der Waals surface area contributed by atoms with Crippen LogP contribution in [0.15, 0.2) is 53.3 Å². The number of rotatable bonds is 4. The van der Waals surface area contributed by atoms with Gasteiger partial charge in [0.25, 0.3) is 5.56 Å². The highest BCUT2D eigenvalue weighted by molar-refractivity contribution is 6.30. The van der Waals surface area contributed by atoms with Gasteiger partial charge in [0.15, 0.2) is 0 Å². The van der Waals surface area contributed by atoms with Crippen LogP contribution in [0.3, 0.4) is 0 Å². The molecule has 3 aromatic rings. The van der Waals surface area contributed by atoms with Crippen LogP contribution in [-0.4, -0.2) is 15.2 Å². The third kappa shape index (κ3) is 3.92. The second kappa shape index (κ2) is 6.58. The second-order valence-corrected chi connectivity index (χ2v) is 5.32. The summed E-state index contributed by atoms with van der Waals surface area (Å²) in [7, 11) is 0. The molecule has 0 saturated heterocycles. The summed E-state index contributed by atoms with van der Waals surface area (Å²) in [5.74, 6) is -0.231. The molecule has 0 unspecified atom stereocenters. The van der Waals surface area contributed by atoms with Gasteiger partial charge in [0.05, 0.1) is 0 Å². The van der Waals surface area contributed by atoms with Crippen LogP contribution >= 0.6 is 11.6 Å². The minimum atomic E-state index is -0.385. The maximum Gasteiger partial charge on any atom is 0.274 e. The van der Waals surface area contributed by atoms with Gasteiger partial charge >= 0.3 is 0 Å². The van der Waals surface area contributed by atoms with Crippen molar-refractivity contribution in [1.82, 2.24) is 15.2 Å². The Morgan fingerprint density at radius 1 is 1.13 bits per heavy atom. The number of nitrogens with one attached hydrogen (secondary N) is 2. The van der Waals surface area contributed by atoms with E-state index in [0.29, 0.717) is 17.1 Å². The normalized spacial score (nSPS) is 10.5. The molecule has 5 nitrogen and oxygen atoms in total. The van der Waals surface area contributed by atoms with Crippen molar-refractivity contribution in [3.05, 3.63) is 81.0 Å². The van der Waals surface area contributed by atoms with Crippen LogP contribution in [0, 0.1) is 5.82 Å². The van der Waals surface area contributed by atoms with Gasteiger partial charge in [-0.25, -0.2) is 4.39 Å². The fourth-order valence-corrected chi connectivity index (χ4v) is 2.16. The van der Waals surface area contributed by atoms with Crippen molar-refractivity contribution in [2.45, 2.75) is 6.42 Å². The molecular formula is C16H12ClFN4O. The number of halogens is 2. The van der Waals surface area contributed by atoms with Crippen molar-refractivity contribution in [3.63, 3.8) is 0 Å². The Balaban J connectivity index is 1.78. The maximum atomic E-state index is 13.1. The smallest absolute Gasteiger partial charge is 0.274 e. The lowest BCUT2D eigenvalue weighted by molar-refractivity contribution is 0.628. The quantitative estimate of drug-likeness (QED) is 0.770. The fourth-order valence-electron chi connectivity index (χ4n) is 2.03. The molecular weight excluding hydrogens is 319 g/mol. The van der Waals surface area contributed by atoms with Crippen molar-refractivity contribution in [2.24, 2.45) is 0 Å². The molecule has 0 amide bonds. The van der Waals surface area contributed by atoms with Gasteiger partial charge in [-0.3, -0.25) is 9.78 Å². The van der Waals surface area contributed by atoms with Crippen LogP contribution in [0.5, 0.6) is 0 Å². The van der Waals surface area contributed by atoms with Crippen molar-refractivity contribution in [1.29, 1.82) is 0 Å². The summed E-state index contributed by atoms with van der Waals surface area (Å²) in [6.07, 6.45) is 0.347. The SMILES string of the molecule is O=c1[nH]c(Nc2cccc(F)c2)nnc1Cc1ccc(Cl)cc1. The van der Waals surface area contributed by atoms with Crippen LogP contribution in [0.4, 0.5) is 16.0 Å². The van der Waals surface area contributed by atoms with Crippen molar-refractivity contribution < 1.29 is 4.39 Å². The Bertz CT molecular complexity index is 880. The Labute approximate surface area is 136 Å². The minimum absolute atomic E-state index is 0.153. The number of aromatic nitrogens is 3. The standard InChI is InChI=1S/C16H12ClFN4O/c17-11-6-4-10(5-7-11)8-14-15(23)20-16(22-21-14)19-13-3-1-2-12(18)9-13/h1-7,9H,8H2,(H2,19,20,22,23). The highest BCUT2D eigenvalue weighted by Gasteiger charge is 2.07. The number of benzene rings is 2. The molecule has 0 atom stereocenters. The zero-order valence-electron chi connectivity index (χ0n) is 11.9. The maximum absolute atomic E-state index is 13.1. The van der Waals surface area contributed by atoms with E-state index >= 15 is 0 Å². The Hall–Kier alpha value is -2.73. The van der Waals surface area contributed by atoms with E-state index in [1.807, 2.05) is 12.1 Å². The van der Waals surface area contributed by atoms with Crippen LogP contribution in [-0.2, 0) is 6.42 Å². The summed E-state index contributed by atoms with van der Waals surface area (Å²) in [6, 6.07) is 13.0. The molecule has 0 saturated carbocycles. The number of H-pyrrole nitrogens is 1. The molecule has 23 heavy (non-hydrogen) atoms. The minimum Gasteiger partial charge on any atom is -0.324 e. The summed E-state index contributed by atoms with van der Waals surface area (Å²) in [6.45, 7) is 0. The van der Waals surface area contributed by atoms with Gasteiger partial charge < -0.3 is 5.32 Å². The molecule has 0 bridgehead atoms. The molecule has 0 aliphatic carbocycles. The zero-order valence-corrected chi connectivity index (χ0v) is 12.6. The first kappa shape index (κ1) is 15.2. The summed E-state index contributed by atoms with van der Waals surface area (Å²) in [4.78, 5) is 14.7. The number of anilines is 2. The van der Waals surface area contributed by atoms with E-state index in [9.17, 15) is 9.18 Å². The van der Waals surface area contributed by atoms with Gasteiger partial charge in [0.1, 0.15) is 11.5 Å². The summed E-state index contributed by atoms with van der Waals surface area (Å²) in [5.41, 5.74) is 1.31. The summed E-state index contributed by atoms with van der Waals surface area (Å²) >= 11 is 5.82. The van der Waals surface area contributed by atoms with Crippen molar-refractivity contribution >= 4 is 23.2 Å². The topological polar surface area (TPSA) is 70.7 Å². The Morgan fingerprint density at radius 3 is 2.61 bits per heavy atom. The Morgan fingerprint density at radius 2 is 1.91 bits per heavy atom. The van der Waals surface area contributed by atoms with E-state index < -0.39 is 0 Å². The molecule has 116 valence electrons. The third-order valence-corrected chi connectivity index (χ3v) is 3.39. The molecule has 1 heterocycles. The predicted molar refractivity (Wildman–Crippen MR) is 86.6 cm³/mol. The fraction of sp³-hybridized carbons (Fsp3) is 0.0625. The molecule has 2 aromatic carbocycles. The number of hydrogen-bond donors (Lipinski definition) is 2. The van der Waals surface area contributed by atoms with Crippen LogP contribution in [0.1, 0.15) is 11.3 Å². The van der Waals surface area contributed by atoms with Crippen molar-refractivity contribution in [3.8, 4) is 0 Å². The summed E-state index contributed by atoms with van der Waals surface area (Å²) < 4.78 is 13.1. The summed E-state index contributed by atoms with van der Waals surface area (Å²) in [5, 5.41) is 11.3. The molecule has 1 aromatic heterocycles. The second-order valence-electron chi connectivity index (χ2n) is 4.89. The van der Waals surface area contributed by atoms with Crippen LogP contribution < -0.4 is 10.9 Å². The first-order valence-corrected chi connectivity index (χ1v) is 7.21. The number of aromatic amines is 1. The van der Waals surface area contributed by atoms with Gasteiger partial charge in [-0.1, -0.05) is 29.8 Å². The lowest BCUT2D eigenvalue weighted by Crippen LogP contribution is -2.18. The lowest BCUT2D eigenvalue weighted by atomic mass is 10.1. The van der Waals surface area contributed by atoms with E-state index in [1.54, 1.807) is 24.3 Å². The van der Waals surface area contributed by atoms with Gasteiger partial charge in [0, 0.05) is 17.1 Å². The van der Waals surface area contributed by atoms with Crippen LogP contribution in [0.25, 0.3) is 0 Å². The van der Waals surface area contributed by atoms with E-state index in [2.05, 4.69) is 20.5 Å². The number of nitrogens with zero attached hydrogens (tertiary/aromatic N) is 2. The highest BCUT2D eigenvalue weighted by atomic mass is 35.5. The Kier molecular flexibility index (Phi) is 4.34. The molecule has 0 aliphatic rings. The van der Waals surface area contributed by atoms with Gasteiger partial charge in [0.2, 0.25) is 5.95 Å². The molecule has 0 aliphatic heterocycles. The number of hydrogen-bond acceptors (Lipinski definition) is 4.